The molecule has 0 spiro atoms. The fourth-order valence-corrected chi connectivity index (χ4v) is 3.15. The van der Waals surface area contributed by atoms with Crippen LogP contribution < -0.4 is 15.4 Å². The summed E-state index contributed by atoms with van der Waals surface area (Å²) in [5, 5.41) is 6.08. The lowest BCUT2D eigenvalue weighted by molar-refractivity contribution is 0.0941. The summed E-state index contributed by atoms with van der Waals surface area (Å²) in [6, 6.07) is 21.1. The van der Waals surface area contributed by atoms with Gasteiger partial charge in [-0.15, -0.1) is 0 Å². The molecule has 6 heteroatoms. The fraction of sp³-hybridized carbons (Fsp3) is 0.130. The quantitative estimate of drug-likeness (QED) is 0.596. The van der Waals surface area contributed by atoms with Gasteiger partial charge in [-0.3, -0.25) is 9.59 Å². The monoisotopic (exact) mass is 408 g/mol. The van der Waals surface area contributed by atoms with Crippen LogP contribution in [0.15, 0.2) is 72.8 Å². The molecule has 0 aliphatic heterocycles. The number of ether oxygens (including phenoxy) is 1. The number of hydrogen-bond acceptors (Lipinski definition) is 3. The minimum atomic E-state index is -0.370. The maximum absolute atomic E-state index is 12.8. The number of para-hydroxylation sites is 1. The Balaban J connectivity index is 1.77. The number of halogens is 1. The van der Waals surface area contributed by atoms with Gasteiger partial charge in [-0.1, -0.05) is 54.1 Å². The molecule has 3 aromatic rings. The molecule has 5 nitrogen and oxygen atoms in total. The van der Waals surface area contributed by atoms with Gasteiger partial charge in [0.15, 0.2) is 0 Å². The number of anilines is 1. The van der Waals surface area contributed by atoms with Crippen molar-refractivity contribution in [2.24, 2.45) is 0 Å². The van der Waals surface area contributed by atoms with E-state index in [0.717, 1.165) is 5.56 Å². The van der Waals surface area contributed by atoms with Crippen molar-refractivity contribution in [3.05, 3.63) is 94.5 Å². The molecule has 2 N–H and O–H groups in total. The molecule has 0 saturated carbocycles. The highest BCUT2D eigenvalue weighted by Crippen LogP contribution is 2.26. The van der Waals surface area contributed by atoms with Gasteiger partial charge in [-0.25, -0.2) is 0 Å². The van der Waals surface area contributed by atoms with Crippen LogP contribution in [0, 0.1) is 0 Å². The highest BCUT2D eigenvalue weighted by molar-refractivity contribution is 6.32. The number of carbonyl (C=O) groups is 2. The number of amides is 2. The Morgan fingerprint density at radius 2 is 1.62 bits per heavy atom. The molecule has 0 aliphatic rings. The third kappa shape index (κ3) is 4.95. The maximum atomic E-state index is 12.8. The zero-order valence-corrected chi connectivity index (χ0v) is 16.9. The fourth-order valence-electron chi connectivity index (χ4n) is 2.89. The Kier molecular flexibility index (Phi) is 6.52. The van der Waals surface area contributed by atoms with Gasteiger partial charge in [0, 0.05) is 5.56 Å². The smallest absolute Gasteiger partial charge is 0.255 e. The van der Waals surface area contributed by atoms with E-state index < -0.39 is 0 Å². The van der Waals surface area contributed by atoms with E-state index in [1.807, 2.05) is 37.3 Å². The van der Waals surface area contributed by atoms with Gasteiger partial charge in [0.1, 0.15) is 5.75 Å². The first-order chi connectivity index (χ1) is 14.0. The van der Waals surface area contributed by atoms with E-state index in [0.29, 0.717) is 27.6 Å². The average Bonchev–Trinajstić information content (AvgIpc) is 2.74. The number of rotatable bonds is 6. The van der Waals surface area contributed by atoms with E-state index >= 15 is 0 Å². The van der Waals surface area contributed by atoms with Gasteiger partial charge in [-0.05, 0) is 42.8 Å². The molecule has 0 bridgehead atoms. The van der Waals surface area contributed by atoms with Crippen molar-refractivity contribution in [1.82, 2.24) is 5.32 Å². The summed E-state index contributed by atoms with van der Waals surface area (Å²) < 4.78 is 5.11. The van der Waals surface area contributed by atoms with Crippen molar-refractivity contribution in [2.45, 2.75) is 13.0 Å². The Morgan fingerprint density at radius 3 is 2.31 bits per heavy atom. The Labute approximate surface area is 174 Å². The van der Waals surface area contributed by atoms with Crippen molar-refractivity contribution >= 4 is 29.1 Å². The molecule has 2 amide bonds. The molecular weight excluding hydrogens is 388 g/mol. The number of benzene rings is 3. The molecule has 3 rings (SSSR count). The van der Waals surface area contributed by atoms with Crippen molar-refractivity contribution in [2.75, 3.05) is 12.4 Å². The van der Waals surface area contributed by atoms with Crippen LogP contribution in [0.3, 0.4) is 0 Å². The van der Waals surface area contributed by atoms with Crippen LogP contribution in [0.25, 0.3) is 0 Å². The predicted octanol–water partition coefficient (Wildman–Crippen LogP) is 5.09. The van der Waals surface area contributed by atoms with E-state index in [4.69, 9.17) is 16.3 Å². The van der Waals surface area contributed by atoms with Crippen LogP contribution in [-0.4, -0.2) is 18.9 Å². The summed E-state index contributed by atoms with van der Waals surface area (Å²) in [6.07, 6.45) is 0. The van der Waals surface area contributed by atoms with Crippen molar-refractivity contribution < 1.29 is 14.3 Å². The van der Waals surface area contributed by atoms with Gasteiger partial charge < -0.3 is 15.4 Å². The lowest BCUT2D eigenvalue weighted by atomic mass is 10.1. The third-order valence-electron chi connectivity index (χ3n) is 4.48. The van der Waals surface area contributed by atoms with Crippen LogP contribution in [0.2, 0.25) is 5.02 Å². The number of nitrogens with one attached hydrogen (secondary N) is 2. The molecule has 0 heterocycles. The molecule has 3 aromatic carbocycles. The summed E-state index contributed by atoms with van der Waals surface area (Å²) in [6.45, 7) is 1.91. The van der Waals surface area contributed by atoms with E-state index in [2.05, 4.69) is 10.6 Å². The zero-order chi connectivity index (χ0) is 20.8. The van der Waals surface area contributed by atoms with E-state index in [9.17, 15) is 9.59 Å². The molecule has 0 aromatic heterocycles. The van der Waals surface area contributed by atoms with Crippen molar-refractivity contribution in [1.29, 1.82) is 0 Å². The van der Waals surface area contributed by atoms with Crippen molar-refractivity contribution in [3.63, 3.8) is 0 Å². The van der Waals surface area contributed by atoms with Crippen LogP contribution >= 0.6 is 11.6 Å². The molecule has 148 valence electrons. The molecule has 0 aliphatic carbocycles. The molecule has 0 unspecified atom stereocenters. The molecule has 29 heavy (non-hydrogen) atoms. The molecule has 0 radical (unpaired) electrons. The zero-order valence-electron chi connectivity index (χ0n) is 16.1. The summed E-state index contributed by atoms with van der Waals surface area (Å²) in [7, 11) is 1.51. The maximum Gasteiger partial charge on any atom is 0.255 e. The minimum absolute atomic E-state index is 0.173. The van der Waals surface area contributed by atoms with Gasteiger partial charge in [0.25, 0.3) is 11.8 Å². The summed E-state index contributed by atoms with van der Waals surface area (Å²) in [5.74, 6) is -0.158. The SMILES string of the molecule is COc1ccc(C(=O)Nc2ccccc2C(=O)N[C@H](C)c2ccccc2)cc1Cl. The molecule has 0 saturated heterocycles. The third-order valence-corrected chi connectivity index (χ3v) is 4.78. The van der Waals surface area contributed by atoms with Gasteiger partial charge >= 0.3 is 0 Å². The molecule has 0 fully saturated rings. The van der Waals surface area contributed by atoms with E-state index in [1.165, 1.54) is 13.2 Å². The van der Waals surface area contributed by atoms with E-state index in [1.54, 1.807) is 36.4 Å². The van der Waals surface area contributed by atoms with E-state index in [-0.39, 0.29) is 17.9 Å². The number of carbonyl (C=O) groups excluding carboxylic acids is 2. The lowest BCUT2D eigenvalue weighted by Crippen LogP contribution is -2.28. The highest BCUT2D eigenvalue weighted by Gasteiger charge is 2.17. The van der Waals surface area contributed by atoms with Gasteiger partial charge in [0.05, 0.1) is 29.4 Å². The van der Waals surface area contributed by atoms with Crippen LogP contribution in [0.4, 0.5) is 5.69 Å². The van der Waals surface area contributed by atoms with Gasteiger partial charge in [0.2, 0.25) is 0 Å². The Hall–Kier alpha value is -3.31. The summed E-state index contributed by atoms with van der Waals surface area (Å²) >= 11 is 6.10. The van der Waals surface area contributed by atoms with Crippen LogP contribution in [0.1, 0.15) is 39.2 Å². The Bertz CT molecular complexity index is 1020. The first-order valence-corrected chi connectivity index (χ1v) is 9.47. The number of hydrogen-bond donors (Lipinski definition) is 2. The molecule has 1 atom stereocenters. The first kappa shape index (κ1) is 20.4. The van der Waals surface area contributed by atoms with Crippen molar-refractivity contribution in [3.8, 4) is 5.75 Å². The largest absolute Gasteiger partial charge is 0.495 e. The normalized spacial score (nSPS) is 11.4. The second-order valence-electron chi connectivity index (χ2n) is 6.45. The summed E-state index contributed by atoms with van der Waals surface area (Å²) in [5.41, 5.74) is 2.16. The predicted molar refractivity (Wildman–Crippen MR) is 115 cm³/mol. The lowest BCUT2D eigenvalue weighted by Gasteiger charge is -2.16. The number of methoxy groups -OCH3 is 1. The first-order valence-electron chi connectivity index (χ1n) is 9.09. The Morgan fingerprint density at radius 1 is 0.931 bits per heavy atom. The summed E-state index contributed by atoms with van der Waals surface area (Å²) in [4.78, 5) is 25.4. The minimum Gasteiger partial charge on any atom is -0.495 e. The average molecular weight is 409 g/mol. The van der Waals surface area contributed by atoms with Crippen LogP contribution in [0.5, 0.6) is 5.75 Å². The standard InChI is InChI=1S/C23H21ClN2O3/c1-15(16-8-4-3-5-9-16)25-23(28)18-10-6-7-11-20(18)26-22(27)17-12-13-21(29-2)19(24)14-17/h3-15H,1-2H3,(H,25,28)(H,26,27)/t15-/m1/s1. The molecular formula is C23H21ClN2O3. The highest BCUT2D eigenvalue weighted by atomic mass is 35.5. The van der Waals surface area contributed by atoms with Crippen LogP contribution in [-0.2, 0) is 0 Å². The van der Waals surface area contributed by atoms with Gasteiger partial charge in [-0.2, -0.15) is 0 Å². The second-order valence-corrected chi connectivity index (χ2v) is 6.86. The topological polar surface area (TPSA) is 67.4 Å². The second kappa shape index (κ2) is 9.26.